The van der Waals surface area contributed by atoms with E-state index >= 15 is 0 Å². The van der Waals surface area contributed by atoms with E-state index in [9.17, 15) is 17.6 Å². The number of para-hydroxylation sites is 1. The average Bonchev–Trinajstić information content (AvgIpc) is 3.01. The molecular formula is C15H16FNO6S. The van der Waals surface area contributed by atoms with Crippen LogP contribution in [0.25, 0.3) is 0 Å². The Kier molecular flexibility index (Phi) is 5.58. The van der Waals surface area contributed by atoms with Gasteiger partial charge in [-0.3, -0.25) is 0 Å². The molecule has 130 valence electrons. The fourth-order valence-electron chi connectivity index (χ4n) is 1.65. The first-order chi connectivity index (χ1) is 11.3. The summed E-state index contributed by atoms with van der Waals surface area (Å²) in [5.41, 5.74) is 0. The van der Waals surface area contributed by atoms with Crippen LogP contribution in [0.5, 0.6) is 5.75 Å². The minimum atomic E-state index is -3.69. The van der Waals surface area contributed by atoms with Crippen LogP contribution in [0.3, 0.4) is 0 Å². The molecule has 7 nitrogen and oxygen atoms in total. The molecule has 1 heterocycles. The van der Waals surface area contributed by atoms with E-state index in [4.69, 9.17) is 13.9 Å². The van der Waals surface area contributed by atoms with Crippen LogP contribution < -0.4 is 4.74 Å². The zero-order valence-electron chi connectivity index (χ0n) is 13.1. The van der Waals surface area contributed by atoms with E-state index in [-0.39, 0.29) is 23.2 Å². The molecule has 1 aromatic heterocycles. The Hall–Kier alpha value is -2.39. The van der Waals surface area contributed by atoms with Gasteiger partial charge in [0, 0.05) is 14.1 Å². The number of carbonyl (C=O) groups excluding carboxylic acids is 1. The molecule has 0 radical (unpaired) electrons. The van der Waals surface area contributed by atoms with Gasteiger partial charge in [0.05, 0.1) is 0 Å². The molecule has 0 amide bonds. The maximum absolute atomic E-state index is 13.3. The number of esters is 1. The molecular weight excluding hydrogens is 341 g/mol. The third-order valence-electron chi connectivity index (χ3n) is 2.93. The summed E-state index contributed by atoms with van der Waals surface area (Å²) >= 11 is 0. The van der Waals surface area contributed by atoms with Gasteiger partial charge in [-0.1, -0.05) is 12.1 Å². The second kappa shape index (κ2) is 7.45. The molecule has 0 bridgehead atoms. The molecule has 24 heavy (non-hydrogen) atoms. The van der Waals surface area contributed by atoms with Gasteiger partial charge in [-0.25, -0.2) is 21.9 Å². The molecule has 0 fully saturated rings. The summed E-state index contributed by atoms with van der Waals surface area (Å²) in [5.74, 6) is -1.23. The van der Waals surface area contributed by atoms with Crippen LogP contribution in [0.1, 0.15) is 5.76 Å². The van der Waals surface area contributed by atoms with E-state index < -0.39 is 28.4 Å². The van der Waals surface area contributed by atoms with Gasteiger partial charge >= 0.3 is 5.97 Å². The molecule has 0 saturated carbocycles. The van der Waals surface area contributed by atoms with Gasteiger partial charge in [0.15, 0.2) is 18.2 Å². The topological polar surface area (TPSA) is 86.0 Å². The SMILES string of the molecule is CN(C)S(=O)(=O)c1ccc(COC(=O)COc2ccccc2F)o1. The molecule has 2 aromatic rings. The number of hydrogen-bond donors (Lipinski definition) is 0. The normalized spacial score (nSPS) is 11.5. The highest BCUT2D eigenvalue weighted by molar-refractivity contribution is 7.88. The molecule has 0 aliphatic rings. The lowest BCUT2D eigenvalue weighted by Crippen LogP contribution is -2.21. The van der Waals surface area contributed by atoms with Gasteiger partial charge in [0.2, 0.25) is 5.09 Å². The number of halogens is 1. The van der Waals surface area contributed by atoms with Crippen LogP contribution in [-0.4, -0.2) is 39.4 Å². The summed E-state index contributed by atoms with van der Waals surface area (Å²) in [6, 6.07) is 8.32. The number of hydrogen-bond acceptors (Lipinski definition) is 6. The third kappa shape index (κ3) is 4.33. The minimum absolute atomic E-state index is 0.0631. The summed E-state index contributed by atoms with van der Waals surface area (Å²) in [4.78, 5) is 11.6. The molecule has 0 aliphatic carbocycles. The largest absolute Gasteiger partial charge is 0.479 e. The van der Waals surface area contributed by atoms with E-state index in [1.54, 1.807) is 6.07 Å². The van der Waals surface area contributed by atoms with Gasteiger partial charge in [0.1, 0.15) is 12.4 Å². The fourth-order valence-corrected chi connectivity index (χ4v) is 2.46. The lowest BCUT2D eigenvalue weighted by atomic mass is 10.3. The van der Waals surface area contributed by atoms with Crippen molar-refractivity contribution >= 4 is 16.0 Å². The summed E-state index contributed by atoms with van der Waals surface area (Å²) in [6.07, 6.45) is 0. The minimum Gasteiger partial charge on any atom is -0.479 e. The van der Waals surface area contributed by atoms with Gasteiger partial charge in [-0.2, -0.15) is 0 Å². The molecule has 9 heteroatoms. The van der Waals surface area contributed by atoms with E-state index in [1.807, 2.05) is 0 Å². The van der Waals surface area contributed by atoms with Gasteiger partial charge in [-0.05, 0) is 24.3 Å². The Bertz CT molecular complexity index is 815. The summed E-state index contributed by atoms with van der Waals surface area (Å²) < 4.78 is 53.0. The Morgan fingerprint density at radius 1 is 1.21 bits per heavy atom. The van der Waals surface area contributed by atoms with Crippen molar-refractivity contribution in [3.05, 3.63) is 48.0 Å². The van der Waals surface area contributed by atoms with E-state index in [1.165, 1.54) is 44.4 Å². The molecule has 1 aromatic carbocycles. The number of carbonyl (C=O) groups is 1. The van der Waals surface area contributed by atoms with Crippen LogP contribution in [-0.2, 0) is 26.2 Å². The van der Waals surface area contributed by atoms with E-state index in [0.717, 1.165) is 4.31 Å². The quantitative estimate of drug-likeness (QED) is 0.702. The van der Waals surface area contributed by atoms with Gasteiger partial charge in [-0.15, -0.1) is 0 Å². The number of furan rings is 1. The predicted molar refractivity (Wildman–Crippen MR) is 81.3 cm³/mol. The molecule has 0 atom stereocenters. The van der Waals surface area contributed by atoms with Crippen molar-refractivity contribution in [2.45, 2.75) is 11.7 Å². The molecule has 2 rings (SSSR count). The Labute approximate surface area is 138 Å². The summed E-state index contributed by atoms with van der Waals surface area (Å²) in [5, 5.41) is -0.249. The predicted octanol–water partition coefficient (Wildman–Crippen LogP) is 1.79. The van der Waals surface area contributed by atoms with Gasteiger partial charge in [0.25, 0.3) is 10.0 Å². The smallest absolute Gasteiger partial charge is 0.344 e. The van der Waals surface area contributed by atoms with Crippen LogP contribution in [0.2, 0.25) is 0 Å². The van der Waals surface area contributed by atoms with Crippen molar-refractivity contribution in [1.82, 2.24) is 4.31 Å². The second-order valence-electron chi connectivity index (χ2n) is 4.89. The summed E-state index contributed by atoms with van der Waals surface area (Å²) in [7, 11) is -0.941. The zero-order valence-corrected chi connectivity index (χ0v) is 13.9. The lowest BCUT2D eigenvalue weighted by molar-refractivity contribution is -0.147. The van der Waals surface area contributed by atoms with Crippen molar-refractivity contribution in [1.29, 1.82) is 0 Å². The van der Waals surface area contributed by atoms with E-state index in [0.29, 0.717) is 0 Å². The number of rotatable bonds is 7. The highest BCUT2D eigenvalue weighted by Crippen LogP contribution is 2.18. The first-order valence-electron chi connectivity index (χ1n) is 6.85. The summed E-state index contributed by atoms with van der Waals surface area (Å²) in [6.45, 7) is -0.743. The van der Waals surface area contributed by atoms with Crippen molar-refractivity contribution in [3.63, 3.8) is 0 Å². The number of ether oxygens (including phenoxy) is 2. The van der Waals surface area contributed by atoms with Crippen molar-refractivity contribution in [2.24, 2.45) is 0 Å². The monoisotopic (exact) mass is 357 g/mol. The average molecular weight is 357 g/mol. The Balaban J connectivity index is 1.87. The third-order valence-corrected chi connectivity index (χ3v) is 4.62. The molecule has 0 unspecified atom stereocenters. The van der Waals surface area contributed by atoms with Crippen molar-refractivity contribution in [3.8, 4) is 5.75 Å². The highest BCUT2D eigenvalue weighted by Gasteiger charge is 2.21. The molecule has 0 spiro atoms. The van der Waals surface area contributed by atoms with Crippen LogP contribution in [0.15, 0.2) is 45.9 Å². The second-order valence-corrected chi connectivity index (χ2v) is 6.97. The molecule has 0 saturated heterocycles. The van der Waals surface area contributed by atoms with Crippen molar-refractivity contribution in [2.75, 3.05) is 20.7 Å². The van der Waals surface area contributed by atoms with Crippen LogP contribution >= 0.6 is 0 Å². The lowest BCUT2D eigenvalue weighted by Gasteiger charge is -2.08. The maximum atomic E-state index is 13.3. The first-order valence-corrected chi connectivity index (χ1v) is 8.29. The first kappa shape index (κ1) is 18.0. The highest BCUT2D eigenvalue weighted by atomic mass is 32.2. The maximum Gasteiger partial charge on any atom is 0.344 e. The number of sulfonamides is 1. The molecule has 0 N–H and O–H groups in total. The van der Waals surface area contributed by atoms with Gasteiger partial charge < -0.3 is 13.9 Å². The number of benzene rings is 1. The van der Waals surface area contributed by atoms with E-state index in [2.05, 4.69) is 0 Å². The fraction of sp³-hybridized carbons (Fsp3) is 0.267. The number of nitrogens with zero attached hydrogens (tertiary/aromatic N) is 1. The standard InChI is InChI=1S/C15H16FNO6S/c1-17(2)24(19,20)15-8-7-11(23-15)9-22-14(18)10-21-13-6-4-3-5-12(13)16/h3-8H,9-10H2,1-2H3. The van der Waals surface area contributed by atoms with Crippen LogP contribution in [0.4, 0.5) is 4.39 Å². The van der Waals surface area contributed by atoms with Crippen molar-refractivity contribution < 1.29 is 31.5 Å². The van der Waals surface area contributed by atoms with Crippen LogP contribution in [0, 0.1) is 5.82 Å². The Morgan fingerprint density at radius 2 is 1.92 bits per heavy atom. The zero-order chi connectivity index (χ0) is 17.7. The molecule has 0 aliphatic heterocycles. The Morgan fingerprint density at radius 3 is 2.58 bits per heavy atom.